The molecular weight excluding hydrogens is 412 g/mol. The van der Waals surface area contributed by atoms with Gasteiger partial charge >= 0.3 is 0 Å². The zero-order chi connectivity index (χ0) is 22.1. The van der Waals surface area contributed by atoms with Gasteiger partial charge in [0.1, 0.15) is 0 Å². The number of aliphatic hydroxyl groups excluding tert-OH is 1. The molecule has 0 saturated carbocycles. The van der Waals surface area contributed by atoms with Crippen LogP contribution < -0.4 is 9.62 Å². The highest BCUT2D eigenvalue weighted by molar-refractivity contribution is 7.92. The second-order valence-electron chi connectivity index (χ2n) is 7.05. The Bertz CT molecular complexity index is 1090. The van der Waals surface area contributed by atoms with Crippen molar-refractivity contribution < 1.29 is 18.3 Å². The highest BCUT2D eigenvalue weighted by Crippen LogP contribution is 2.26. The number of carbonyl (C=O) groups excluding carboxylic acids is 1. The lowest BCUT2D eigenvalue weighted by atomic mass is 10.1. The van der Waals surface area contributed by atoms with Crippen LogP contribution >= 0.6 is 0 Å². The number of nitrogens with one attached hydrogen (secondary N) is 1. The number of aliphatic hydroxyl groups is 1. The van der Waals surface area contributed by atoms with E-state index in [1.807, 2.05) is 30.3 Å². The van der Waals surface area contributed by atoms with Crippen LogP contribution in [0.2, 0.25) is 0 Å². The third kappa shape index (κ3) is 5.93. The summed E-state index contributed by atoms with van der Waals surface area (Å²) in [7, 11) is -3.85. The smallest absolute Gasteiger partial charge is 0.264 e. The monoisotopic (exact) mass is 438 g/mol. The third-order valence-electron chi connectivity index (χ3n) is 4.77. The molecule has 3 aromatic carbocycles. The number of benzene rings is 3. The maximum Gasteiger partial charge on any atom is 0.264 e. The summed E-state index contributed by atoms with van der Waals surface area (Å²) < 4.78 is 28.2. The average Bonchev–Trinajstić information content (AvgIpc) is 2.81. The van der Waals surface area contributed by atoms with E-state index in [4.69, 9.17) is 5.11 Å². The normalized spacial score (nSPS) is 11.1. The fraction of sp³-hybridized carbons (Fsp3) is 0.208. The van der Waals surface area contributed by atoms with Crippen molar-refractivity contribution in [3.8, 4) is 0 Å². The van der Waals surface area contributed by atoms with Crippen molar-refractivity contribution in [2.24, 2.45) is 0 Å². The summed E-state index contributed by atoms with van der Waals surface area (Å²) in [5.74, 6) is -0.281. The number of anilines is 1. The lowest BCUT2D eigenvalue weighted by Gasteiger charge is -2.25. The lowest BCUT2D eigenvalue weighted by Crippen LogP contribution is -2.31. The van der Waals surface area contributed by atoms with E-state index in [2.05, 4.69) is 5.32 Å². The van der Waals surface area contributed by atoms with Crippen LogP contribution in [0, 0.1) is 0 Å². The van der Waals surface area contributed by atoms with Gasteiger partial charge in [0, 0.05) is 18.7 Å². The molecule has 1 amide bonds. The van der Waals surface area contributed by atoms with E-state index in [9.17, 15) is 13.2 Å². The minimum atomic E-state index is -3.85. The van der Waals surface area contributed by atoms with Crippen molar-refractivity contribution in [3.63, 3.8) is 0 Å². The Hall–Kier alpha value is -3.16. The van der Waals surface area contributed by atoms with Crippen LogP contribution in [0.4, 0.5) is 5.69 Å². The van der Waals surface area contributed by atoms with Crippen LogP contribution in [0.5, 0.6) is 0 Å². The number of sulfonamides is 1. The van der Waals surface area contributed by atoms with E-state index in [-0.39, 0.29) is 24.0 Å². The summed E-state index contributed by atoms with van der Waals surface area (Å²) in [5.41, 5.74) is 1.62. The molecule has 0 bridgehead atoms. The Labute approximate surface area is 183 Å². The number of rotatable bonds is 10. The summed E-state index contributed by atoms with van der Waals surface area (Å²) in [4.78, 5) is 12.7. The molecule has 0 spiro atoms. The number of hydrogen-bond donors (Lipinski definition) is 2. The molecule has 0 aliphatic carbocycles. The van der Waals surface area contributed by atoms with E-state index in [1.54, 1.807) is 54.6 Å². The molecule has 0 saturated heterocycles. The van der Waals surface area contributed by atoms with Crippen molar-refractivity contribution in [1.82, 2.24) is 5.32 Å². The Morgan fingerprint density at radius 1 is 0.871 bits per heavy atom. The predicted octanol–water partition coefficient (Wildman–Crippen LogP) is 3.58. The summed E-state index contributed by atoms with van der Waals surface area (Å²) in [6.45, 7) is 0.663. The number of nitrogens with zero attached hydrogens (tertiary/aromatic N) is 1. The maximum absolute atomic E-state index is 13.5. The fourth-order valence-corrected chi connectivity index (χ4v) is 4.59. The molecule has 0 heterocycles. The third-order valence-corrected chi connectivity index (χ3v) is 6.56. The van der Waals surface area contributed by atoms with Gasteiger partial charge in [0.15, 0.2) is 0 Å². The van der Waals surface area contributed by atoms with Gasteiger partial charge in [-0.2, -0.15) is 0 Å². The van der Waals surface area contributed by atoms with Gasteiger partial charge in [0.05, 0.1) is 17.1 Å². The molecule has 0 aliphatic heterocycles. The van der Waals surface area contributed by atoms with Crippen LogP contribution in [0.3, 0.4) is 0 Å². The van der Waals surface area contributed by atoms with Gasteiger partial charge in [0.25, 0.3) is 15.9 Å². The van der Waals surface area contributed by atoms with E-state index >= 15 is 0 Å². The minimum absolute atomic E-state index is 0.0805. The summed E-state index contributed by atoms with van der Waals surface area (Å²) in [6, 6.07) is 24.2. The van der Waals surface area contributed by atoms with Crippen LogP contribution in [0.15, 0.2) is 89.8 Å². The van der Waals surface area contributed by atoms with Gasteiger partial charge in [-0.15, -0.1) is 0 Å². The molecule has 0 fully saturated rings. The molecule has 3 rings (SSSR count). The van der Waals surface area contributed by atoms with Crippen LogP contribution in [-0.2, 0) is 16.6 Å². The van der Waals surface area contributed by atoms with Gasteiger partial charge in [-0.1, -0.05) is 54.6 Å². The Kier molecular flexibility index (Phi) is 7.81. The zero-order valence-electron chi connectivity index (χ0n) is 17.1. The molecule has 0 radical (unpaired) electrons. The van der Waals surface area contributed by atoms with Gasteiger partial charge in [0.2, 0.25) is 0 Å². The molecule has 0 aliphatic rings. The summed E-state index contributed by atoms with van der Waals surface area (Å²) >= 11 is 0. The quantitative estimate of drug-likeness (QED) is 0.474. The second kappa shape index (κ2) is 10.7. The van der Waals surface area contributed by atoms with Crippen LogP contribution in [0.25, 0.3) is 0 Å². The van der Waals surface area contributed by atoms with Gasteiger partial charge in [-0.05, 0) is 48.7 Å². The number of amides is 1. The lowest BCUT2D eigenvalue weighted by molar-refractivity contribution is 0.0952. The van der Waals surface area contributed by atoms with Gasteiger partial charge in [-0.3, -0.25) is 9.10 Å². The topological polar surface area (TPSA) is 86.7 Å². The molecule has 31 heavy (non-hydrogen) atoms. The zero-order valence-corrected chi connectivity index (χ0v) is 18.0. The molecule has 0 atom stereocenters. The van der Waals surface area contributed by atoms with E-state index in [1.165, 1.54) is 4.31 Å². The average molecular weight is 439 g/mol. The van der Waals surface area contributed by atoms with Crippen molar-refractivity contribution >= 4 is 21.6 Å². The first kappa shape index (κ1) is 22.5. The number of hydrogen-bond acceptors (Lipinski definition) is 4. The fourth-order valence-electron chi connectivity index (χ4n) is 3.13. The molecule has 0 unspecified atom stereocenters. The Morgan fingerprint density at radius 3 is 2.23 bits per heavy atom. The van der Waals surface area contributed by atoms with Crippen molar-refractivity contribution in [1.29, 1.82) is 0 Å². The van der Waals surface area contributed by atoms with E-state index < -0.39 is 10.0 Å². The predicted molar refractivity (Wildman–Crippen MR) is 121 cm³/mol. The molecule has 162 valence electrons. The van der Waals surface area contributed by atoms with Crippen LogP contribution in [0.1, 0.15) is 28.8 Å². The first-order valence-electron chi connectivity index (χ1n) is 10.1. The summed E-state index contributed by atoms with van der Waals surface area (Å²) in [6.07, 6.45) is 1.28. The molecule has 3 aromatic rings. The van der Waals surface area contributed by atoms with Gasteiger partial charge in [-0.25, -0.2) is 8.42 Å². The standard InChI is InChI=1S/C24H26N2O4S/c27-17-8-7-16-25-24(28)21-12-9-13-22(18-21)26(19-20-10-3-1-4-11-20)31(29,30)23-14-5-2-6-15-23/h1-6,9-15,18,27H,7-8,16-17,19H2,(H,25,28). The highest BCUT2D eigenvalue weighted by Gasteiger charge is 2.25. The SMILES string of the molecule is O=C(NCCCCO)c1cccc(N(Cc2ccccc2)S(=O)(=O)c2ccccc2)c1. The highest BCUT2D eigenvalue weighted by atomic mass is 32.2. The molecule has 6 nitrogen and oxygen atoms in total. The van der Waals surface area contributed by atoms with Crippen LogP contribution in [-0.4, -0.2) is 32.6 Å². The van der Waals surface area contributed by atoms with E-state index in [0.717, 1.165) is 5.56 Å². The second-order valence-corrected chi connectivity index (χ2v) is 8.91. The Balaban J connectivity index is 1.93. The summed E-state index contributed by atoms with van der Waals surface area (Å²) in [5, 5.41) is 11.7. The van der Waals surface area contributed by atoms with Crippen molar-refractivity contribution in [3.05, 3.63) is 96.1 Å². The van der Waals surface area contributed by atoms with Gasteiger partial charge < -0.3 is 10.4 Å². The molecule has 2 N–H and O–H groups in total. The largest absolute Gasteiger partial charge is 0.396 e. The molecule has 0 aromatic heterocycles. The Morgan fingerprint density at radius 2 is 1.55 bits per heavy atom. The first-order chi connectivity index (χ1) is 15.0. The van der Waals surface area contributed by atoms with Crippen molar-refractivity contribution in [2.45, 2.75) is 24.3 Å². The number of carbonyl (C=O) groups is 1. The number of unbranched alkanes of at least 4 members (excludes halogenated alkanes) is 1. The molecular formula is C24H26N2O4S. The first-order valence-corrected chi connectivity index (χ1v) is 11.6. The minimum Gasteiger partial charge on any atom is -0.396 e. The maximum atomic E-state index is 13.5. The van der Waals surface area contributed by atoms with Crippen molar-refractivity contribution in [2.75, 3.05) is 17.5 Å². The van der Waals surface area contributed by atoms with E-state index in [0.29, 0.717) is 30.6 Å². The molecule has 7 heteroatoms.